The quantitative estimate of drug-likeness (QED) is 0.723. The van der Waals surface area contributed by atoms with E-state index in [0.29, 0.717) is 29.5 Å². The number of amides is 2. The van der Waals surface area contributed by atoms with Gasteiger partial charge in [0.25, 0.3) is 5.91 Å². The van der Waals surface area contributed by atoms with Crippen LogP contribution in [0.4, 0.5) is 11.4 Å². The first kappa shape index (κ1) is 22.9. The average molecular weight is 444 g/mol. The lowest BCUT2D eigenvalue weighted by molar-refractivity contribution is -0.134. The van der Waals surface area contributed by atoms with Crippen LogP contribution in [0.15, 0.2) is 36.4 Å². The Labute approximate surface area is 189 Å². The molecule has 2 aromatic rings. The molecule has 0 saturated carbocycles. The van der Waals surface area contributed by atoms with Crippen LogP contribution in [0.1, 0.15) is 25.0 Å². The Morgan fingerprint density at radius 3 is 2.35 bits per heavy atom. The fraction of sp³-hybridized carbons (Fsp3) is 0.417. The minimum atomic E-state index is -0.247. The molecule has 0 atom stereocenters. The van der Waals surface area contributed by atoms with Crippen LogP contribution in [0.3, 0.4) is 0 Å². The Morgan fingerprint density at radius 1 is 1.03 bits per heavy atom. The van der Waals surface area contributed by atoms with Crippen molar-refractivity contribution in [2.45, 2.75) is 27.7 Å². The van der Waals surface area contributed by atoms with E-state index in [-0.39, 0.29) is 24.3 Å². The van der Waals surface area contributed by atoms with Crippen LogP contribution in [-0.4, -0.2) is 49.5 Å². The molecule has 1 aliphatic rings. The highest BCUT2D eigenvalue weighted by atomic mass is 35.5. The molecule has 1 heterocycles. The number of benzene rings is 2. The third kappa shape index (κ3) is 5.91. The predicted octanol–water partition coefficient (Wildman–Crippen LogP) is 4.28. The molecule has 0 aliphatic carbocycles. The number of ether oxygens (including phenoxy) is 1. The van der Waals surface area contributed by atoms with Crippen molar-refractivity contribution >= 4 is 34.8 Å². The second kappa shape index (κ2) is 10.1. The molecule has 7 heteroatoms. The van der Waals surface area contributed by atoms with Crippen molar-refractivity contribution in [2.24, 2.45) is 5.92 Å². The molecule has 0 bridgehead atoms. The van der Waals surface area contributed by atoms with Crippen molar-refractivity contribution in [2.75, 3.05) is 43.0 Å². The van der Waals surface area contributed by atoms with Gasteiger partial charge in [-0.15, -0.1) is 0 Å². The molecule has 1 aliphatic heterocycles. The number of piperazine rings is 1. The summed E-state index contributed by atoms with van der Waals surface area (Å²) in [5, 5.41) is 3.39. The summed E-state index contributed by atoms with van der Waals surface area (Å²) in [6.45, 7) is 10.6. The van der Waals surface area contributed by atoms with Crippen LogP contribution in [0.25, 0.3) is 0 Å². The number of hydrogen-bond acceptors (Lipinski definition) is 4. The van der Waals surface area contributed by atoms with E-state index in [9.17, 15) is 9.59 Å². The molecule has 0 radical (unpaired) electrons. The van der Waals surface area contributed by atoms with E-state index in [4.69, 9.17) is 16.3 Å². The van der Waals surface area contributed by atoms with Crippen LogP contribution in [0.2, 0.25) is 5.02 Å². The number of aryl methyl sites for hydroxylation is 2. The van der Waals surface area contributed by atoms with E-state index in [1.165, 1.54) is 5.56 Å². The zero-order valence-electron chi connectivity index (χ0n) is 18.6. The summed E-state index contributed by atoms with van der Waals surface area (Å²) in [4.78, 5) is 28.5. The molecule has 0 spiro atoms. The summed E-state index contributed by atoms with van der Waals surface area (Å²) >= 11 is 6.50. The van der Waals surface area contributed by atoms with Gasteiger partial charge in [-0.3, -0.25) is 9.59 Å². The van der Waals surface area contributed by atoms with Gasteiger partial charge >= 0.3 is 0 Å². The minimum Gasteiger partial charge on any atom is -0.484 e. The number of anilines is 2. The zero-order chi connectivity index (χ0) is 22.5. The van der Waals surface area contributed by atoms with Crippen LogP contribution in [0, 0.1) is 19.8 Å². The summed E-state index contributed by atoms with van der Waals surface area (Å²) in [5.41, 5.74) is 3.83. The fourth-order valence-corrected chi connectivity index (χ4v) is 3.82. The maximum Gasteiger partial charge on any atom is 0.262 e. The maximum absolute atomic E-state index is 12.3. The number of hydrogen-bond donors (Lipinski definition) is 1. The topological polar surface area (TPSA) is 61.9 Å². The van der Waals surface area contributed by atoms with Gasteiger partial charge in [-0.1, -0.05) is 31.5 Å². The van der Waals surface area contributed by atoms with Crippen molar-refractivity contribution in [3.63, 3.8) is 0 Å². The van der Waals surface area contributed by atoms with Gasteiger partial charge in [0.1, 0.15) is 5.75 Å². The number of nitrogens with zero attached hydrogens (tertiary/aromatic N) is 2. The number of carbonyl (C=O) groups is 2. The highest BCUT2D eigenvalue weighted by molar-refractivity contribution is 6.33. The van der Waals surface area contributed by atoms with Gasteiger partial charge in [0.05, 0.1) is 10.7 Å². The molecule has 1 N–H and O–H groups in total. The summed E-state index contributed by atoms with van der Waals surface area (Å²) in [6.07, 6.45) is 0. The number of halogens is 1. The Hall–Kier alpha value is -2.73. The van der Waals surface area contributed by atoms with Gasteiger partial charge in [-0.25, -0.2) is 0 Å². The molecule has 1 fully saturated rings. The third-order valence-corrected chi connectivity index (χ3v) is 5.81. The fourth-order valence-electron chi connectivity index (χ4n) is 3.52. The first-order valence-corrected chi connectivity index (χ1v) is 11.0. The molecule has 0 aromatic heterocycles. The lowest BCUT2D eigenvalue weighted by atomic mass is 10.1. The van der Waals surface area contributed by atoms with E-state index in [1.807, 2.05) is 62.9 Å². The molecular weight excluding hydrogens is 414 g/mol. The maximum atomic E-state index is 12.3. The molecule has 1 saturated heterocycles. The first-order valence-electron chi connectivity index (χ1n) is 10.6. The third-order valence-electron chi connectivity index (χ3n) is 5.51. The smallest absolute Gasteiger partial charge is 0.262 e. The van der Waals surface area contributed by atoms with Crippen LogP contribution < -0.4 is 15.0 Å². The molecule has 6 nitrogen and oxygen atoms in total. The molecule has 31 heavy (non-hydrogen) atoms. The standard InChI is InChI=1S/C24H30ClN3O3/c1-16(2)24(30)28-11-9-27(10-12-28)22-8-6-19(14-21(22)25)26-23(29)15-31-20-7-5-17(3)18(4)13-20/h5-8,13-14,16H,9-12,15H2,1-4H3,(H,26,29). The second-order valence-corrected chi connectivity index (χ2v) is 8.62. The Kier molecular flexibility index (Phi) is 7.44. The van der Waals surface area contributed by atoms with Gasteiger partial charge in [0, 0.05) is 37.8 Å². The molecular formula is C24H30ClN3O3. The molecule has 3 rings (SSSR count). The lowest BCUT2D eigenvalue weighted by Crippen LogP contribution is -2.50. The van der Waals surface area contributed by atoms with Crippen LogP contribution in [0.5, 0.6) is 5.75 Å². The van der Waals surface area contributed by atoms with E-state index in [1.54, 1.807) is 6.07 Å². The number of nitrogens with one attached hydrogen (secondary N) is 1. The number of carbonyl (C=O) groups excluding carboxylic acids is 2. The van der Waals surface area contributed by atoms with Crippen molar-refractivity contribution < 1.29 is 14.3 Å². The van der Waals surface area contributed by atoms with Gasteiger partial charge in [-0.2, -0.15) is 0 Å². The average Bonchev–Trinajstić information content (AvgIpc) is 2.74. The van der Waals surface area contributed by atoms with Crippen molar-refractivity contribution in [1.82, 2.24) is 4.90 Å². The summed E-state index contributed by atoms with van der Waals surface area (Å²) in [6, 6.07) is 11.2. The highest BCUT2D eigenvalue weighted by Crippen LogP contribution is 2.30. The largest absolute Gasteiger partial charge is 0.484 e. The Morgan fingerprint density at radius 2 is 1.74 bits per heavy atom. The van der Waals surface area contributed by atoms with E-state index < -0.39 is 0 Å². The van der Waals surface area contributed by atoms with Gasteiger partial charge < -0.3 is 19.9 Å². The van der Waals surface area contributed by atoms with E-state index in [2.05, 4.69) is 10.2 Å². The molecule has 2 aromatic carbocycles. The van der Waals surface area contributed by atoms with Crippen molar-refractivity contribution in [3.05, 3.63) is 52.5 Å². The van der Waals surface area contributed by atoms with Crippen LogP contribution in [-0.2, 0) is 9.59 Å². The summed E-state index contributed by atoms with van der Waals surface area (Å²) in [5.74, 6) is 0.619. The first-order chi connectivity index (χ1) is 14.7. The normalized spacial score (nSPS) is 14.0. The summed E-state index contributed by atoms with van der Waals surface area (Å²) < 4.78 is 5.59. The van der Waals surface area contributed by atoms with Gasteiger partial charge in [-0.05, 0) is 55.3 Å². The predicted molar refractivity (Wildman–Crippen MR) is 125 cm³/mol. The van der Waals surface area contributed by atoms with Crippen molar-refractivity contribution in [1.29, 1.82) is 0 Å². The Balaban J connectivity index is 1.54. The van der Waals surface area contributed by atoms with E-state index >= 15 is 0 Å². The lowest BCUT2D eigenvalue weighted by Gasteiger charge is -2.37. The highest BCUT2D eigenvalue weighted by Gasteiger charge is 2.24. The molecule has 0 unspecified atom stereocenters. The monoisotopic (exact) mass is 443 g/mol. The molecule has 2 amide bonds. The van der Waals surface area contributed by atoms with Gasteiger partial charge in [0.15, 0.2) is 6.61 Å². The minimum absolute atomic E-state index is 0.0112. The van der Waals surface area contributed by atoms with Gasteiger partial charge in [0.2, 0.25) is 5.91 Å². The van der Waals surface area contributed by atoms with Crippen molar-refractivity contribution in [3.8, 4) is 5.75 Å². The number of rotatable bonds is 6. The summed E-state index contributed by atoms with van der Waals surface area (Å²) in [7, 11) is 0. The zero-order valence-corrected chi connectivity index (χ0v) is 19.3. The second-order valence-electron chi connectivity index (χ2n) is 8.22. The SMILES string of the molecule is Cc1ccc(OCC(=O)Nc2ccc(N3CCN(C(=O)C(C)C)CC3)c(Cl)c2)cc1C. The molecule has 166 valence electrons. The van der Waals surface area contributed by atoms with E-state index in [0.717, 1.165) is 24.3 Å². The van der Waals surface area contributed by atoms with Crippen LogP contribution >= 0.6 is 11.6 Å². The Bertz CT molecular complexity index is 953.